The van der Waals surface area contributed by atoms with Gasteiger partial charge in [-0.2, -0.15) is 8.78 Å². The largest absolute Gasteiger partial charge is 0.497 e. The lowest BCUT2D eigenvalue weighted by Crippen LogP contribution is -2.64. The van der Waals surface area contributed by atoms with E-state index in [4.69, 9.17) is 4.74 Å². The predicted molar refractivity (Wildman–Crippen MR) is 74.6 cm³/mol. The number of alkyl halides is 2. The van der Waals surface area contributed by atoms with Gasteiger partial charge in [0, 0.05) is 5.69 Å². The van der Waals surface area contributed by atoms with Crippen LogP contribution in [0.4, 0.5) is 14.5 Å². The van der Waals surface area contributed by atoms with Gasteiger partial charge in [-0.15, -0.1) is 0 Å². The first-order valence-electron chi connectivity index (χ1n) is 6.46. The molecule has 1 heterocycles. The number of nitrogens with zero attached hydrogens (tertiary/aromatic N) is 1. The van der Waals surface area contributed by atoms with E-state index in [9.17, 15) is 13.6 Å². The van der Waals surface area contributed by atoms with Crippen molar-refractivity contribution < 1.29 is 18.3 Å². The summed E-state index contributed by atoms with van der Waals surface area (Å²) in [4.78, 5) is 12.9. The lowest BCUT2D eigenvalue weighted by Gasteiger charge is -2.46. The van der Waals surface area contributed by atoms with Crippen molar-refractivity contribution in [2.75, 3.05) is 12.0 Å². The summed E-state index contributed by atoms with van der Waals surface area (Å²) in [6, 6.07) is 13.5. The third-order valence-electron chi connectivity index (χ3n) is 3.57. The monoisotopic (exact) mass is 289 g/mol. The van der Waals surface area contributed by atoms with E-state index in [0.29, 0.717) is 17.0 Å². The van der Waals surface area contributed by atoms with Gasteiger partial charge in [-0.3, -0.25) is 9.69 Å². The van der Waals surface area contributed by atoms with Crippen LogP contribution in [0.15, 0.2) is 54.6 Å². The minimum atomic E-state index is -3.37. The number of halogens is 2. The molecule has 1 aliphatic heterocycles. The van der Waals surface area contributed by atoms with Crippen molar-refractivity contribution in [3.8, 4) is 5.75 Å². The molecular weight excluding hydrogens is 276 g/mol. The summed E-state index contributed by atoms with van der Waals surface area (Å²) < 4.78 is 32.9. The smallest absolute Gasteiger partial charge is 0.349 e. The molecule has 2 aromatic rings. The Morgan fingerprint density at radius 2 is 1.67 bits per heavy atom. The number of ether oxygens (including phenoxy) is 1. The minimum Gasteiger partial charge on any atom is -0.497 e. The number of rotatable bonds is 3. The first kappa shape index (κ1) is 13.5. The van der Waals surface area contributed by atoms with Gasteiger partial charge in [0.1, 0.15) is 11.8 Å². The molecule has 0 N–H and O–H groups in total. The molecule has 5 heteroatoms. The van der Waals surface area contributed by atoms with Gasteiger partial charge in [0.05, 0.1) is 7.11 Å². The summed E-state index contributed by atoms with van der Waals surface area (Å²) in [5.74, 6) is -3.95. The summed E-state index contributed by atoms with van der Waals surface area (Å²) in [7, 11) is 1.52. The van der Waals surface area contributed by atoms with Gasteiger partial charge in [-0.1, -0.05) is 30.3 Å². The van der Waals surface area contributed by atoms with Crippen molar-refractivity contribution in [1.29, 1.82) is 0 Å². The fraction of sp³-hybridized carbons (Fsp3) is 0.188. The van der Waals surface area contributed by atoms with E-state index in [-0.39, 0.29) is 0 Å². The number of hydrogen-bond acceptors (Lipinski definition) is 2. The van der Waals surface area contributed by atoms with Crippen LogP contribution in [-0.2, 0) is 4.79 Å². The summed E-state index contributed by atoms with van der Waals surface area (Å²) in [6.45, 7) is 0. The molecule has 1 fully saturated rings. The van der Waals surface area contributed by atoms with Gasteiger partial charge < -0.3 is 4.74 Å². The molecule has 0 aromatic heterocycles. The highest BCUT2D eigenvalue weighted by atomic mass is 19.3. The molecule has 21 heavy (non-hydrogen) atoms. The van der Waals surface area contributed by atoms with Crippen molar-refractivity contribution in [3.63, 3.8) is 0 Å². The summed E-state index contributed by atoms with van der Waals surface area (Å²) >= 11 is 0. The van der Waals surface area contributed by atoms with Crippen LogP contribution in [0.25, 0.3) is 0 Å². The number of benzene rings is 2. The van der Waals surface area contributed by atoms with Crippen molar-refractivity contribution in [2.24, 2.45) is 0 Å². The molecule has 0 aliphatic carbocycles. The molecule has 108 valence electrons. The Labute approximate surface area is 120 Å². The number of β-lactam (4-membered cyclic amide) rings is 1. The van der Waals surface area contributed by atoms with E-state index in [1.807, 2.05) is 0 Å². The van der Waals surface area contributed by atoms with E-state index in [2.05, 4.69) is 0 Å². The average molecular weight is 289 g/mol. The molecule has 0 unspecified atom stereocenters. The van der Waals surface area contributed by atoms with Crippen LogP contribution in [-0.4, -0.2) is 18.9 Å². The zero-order valence-corrected chi connectivity index (χ0v) is 11.3. The number of amides is 1. The summed E-state index contributed by atoms with van der Waals surface area (Å²) in [5, 5.41) is 0. The highest BCUT2D eigenvalue weighted by molar-refractivity contribution is 6.07. The van der Waals surface area contributed by atoms with E-state index in [1.165, 1.54) is 7.11 Å². The van der Waals surface area contributed by atoms with Gasteiger partial charge in [0.25, 0.3) is 0 Å². The molecule has 1 aliphatic rings. The zero-order valence-electron chi connectivity index (χ0n) is 11.3. The van der Waals surface area contributed by atoms with E-state index in [1.54, 1.807) is 54.6 Å². The van der Waals surface area contributed by atoms with Crippen LogP contribution in [0, 0.1) is 0 Å². The predicted octanol–water partition coefficient (Wildman–Crippen LogP) is 3.42. The Morgan fingerprint density at radius 1 is 1.05 bits per heavy atom. The normalized spacial score (nSPS) is 20.0. The zero-order chi connectivity index (χ0) is 15.0. The molecule has 3 nitrogen and oxygen atoms in total. The molecule has 2 aromatic carbocycles. The standard InChI is InChI=1S/C16H13F2NO2/c1-21-13-9-7-12(8-10-13)19-14(16(17,18)15(19)20)11-5-3-2-4-6-11/h2-10,14H,1H3/t14-/m0/s1. The van der Waals surface area contributed by atoms with Crippen molar-refractivity contribution >= 4 is 11.6 Å². The van der Waals surface area contributed by atoms with Crippen LogP contribution in [0.1, 0.15) is 11.6 Å². The van der Waals surface area contributed by atoms with Gasteiger partial charge in [-0.05, 0) is 29.8 Å². The molecule has 1 amide bonds. The summed E-state index contributed by atoms with van der Waals surface area (Å²) in [6.07, 6.45) is 0. The van der Waals surface area contributed by atoms with Gasteiger partial charge in [-0.25, -0.2) is 0 Å². The third kappa shape index (κ3) is 2.05. The van der Waals surface area contributed by atoms with Crippen LogP contribution >= 0.6 is 0 Å². The number of hydrogen-bond donors (Lipinski definition) is 0. The highest BCUT2D eigenvalue weighted by Crippen LogP contribution is 2.49. The quantitative estimate of drug-likeness (QED) is 0.810. The fourth-order valence-corrected chi connectivity index (χ4v) is 2.49. The number of anilines is 1. The van der Waals surface area contributed by atoms with Crippen LogP contribution in [0.3, 0.4) is 0 Å². The lowest BCUT2D eigenvalue weighted by molar-refractivity contribution is -0.162. The lowest BCUT2D eigenvalue weighted by atomic mass is 9.89. The number of carbonyl (C=O) groups is 1. The second kappa shape index (κ2) is 4.84. The molecular formula is C16H13F2NO2. The molecule has 3 rings (SSSR count). The first-order chi connectivity index (χ1) is 10.1. The second-order valence-corrected chi connectivity index (χ2v) is 4.81. The molecule has 0 spiro atoms. The topological polar surface area (TPSA) is 29.5 Å². The van der Waals surface area contributed by atoms with Gasteiger partial charge in [0.2, 0.25) is 0 Å². The Kier molecular flexibility index (Phi) is 3.12. The van der Waals surface area contributed by atoms with E-state index in [0.717, 1.165) is 4.90 Å². The molecule has 0 radical (unpaired) electrons. The van der Waals surface area contributed by atoms with Crippen LogP contribution < -0.4 is 9.64 Å². The van der Waals surface area contributed by atoms with E-state index < -0.39 is 17.9 Å². The maximum Gasteiger partial charge on any atom is 0.349 e. The first-order valence-corrected chi connectivity index (χ1v) is 6.46. The van der Waals surface area contributed by atoms with Crippen molar-refractivity contribution in [1.82, 2.24) is 0 Å². The molecule has 1 atom stereocenters. The second-order valence-electron chi connectivity index (χ2n) is 4.81. The minimum absolute atomic E-state index is 0.415. The van der Waals surface area contributed by atoms with Crippen LogP contribution in [0.5, 0.6) is 5.75 Å². The average Bonchev–Trinajstić information content (AvgIpc) is 2.52. The van der Waals surface area contributed by atoms with Crippen molar-refractivity contribution in [3.05, 3.63) is 60.2 Å². The third-order valence-corrected chi connectivity index (χ3v) is 3.57. The Morgan fingerprint density at radius 3 is 2.24 bits per heavy atom. The molecule has 0 bridgehead atoms. The van der Waals surface area contributed by atoms with E-state index >= 15 is 0 Å². The fourth-order valence-electron chi connectivity index (χ4n) is 2.49. The van der Waals surface area contributed by atoms with Gasteiger partial charge >= 0.3 is 11.8 Å². The number of methoxy groups -OCH3 is 1. The maximum atomic E-state index is 13.9. The molecule has 1 saturated heterocycles. The van der Waals surface area contributed by atoms with Crippen molar-refractivity contribution in [2.45, 2.75) is 12.0 Å². The SMILES string of the molecule is COc1ccc(N2C(=O)C(F)(F)[C@@H]2c2ccccc2)cc1. The van der Waals surface area contributed by atoms with Crippen LogP contribution in [0.2, 0.25) is 0 Å². The Balaban J connectivity index is 1.98. The Bertz CT molecular complexity index is 656. The molecule has 0 saturated carbocycles. The maximum absolute atomic E-state index is 13.9. The number of carbonyl (C=O) groups excluding carboxylic acids is 1. The Hall–Kier alpha value is -2.43. The van der Waals surface area contributed by atoms with Gasteiger partial charge in [0.15, 0.2) is 0 Å². The highest BCUT2D eigenvalue weighted by Gasteiger charge is 2.64. The summed E-state index contributed by atoms with van der Waals surface area (Å²) in [5.41, 5.74) is 0.846.